The molecule has 0 atom stereocenters. The number of aryl methyl sites for hydroxylation is 2. The van der Waals surface area contributed by atoms with Crippen LogP contribution in [-0.2, 0) is 16.7 Å². The third-order valence-corrected chi connectivity index (χ3v) is 6.59. The van der Waals surface area contributed by atoms with Crippen LogP contribution < -0.4 is 10.2 Å². The van der Waals surface area contributed by atoms with Crippen molar-refractivity contribution in [1.29, 1.82) is 0 Å². The molecule has 0 saturated carbocycles. The van der Waals surface area contributed by atoms with Gasteiger partial charge in [0, 0.05) is 31.3 Å². The van der Waals surface area contributed by atoms with Crippen molar-refractivity contribution in [3.05, 3.63) is 59.3 Å². The Balaban J connectivity index is 1.56. The number of carbonyl (C=O) groups is 1. The number of nitrogens with zero attached hydrogens (tertiary/aromatic N) is 6. The van der Waals surface area contributed by atoms with Gasteiger partial charge in [-0.3, -0.25) is 4.79 Å². The Morgan fingerprint density at radius 2 is 1.89 bits per heavy atom. The predicted molar refractivity (Wildman–Crippen MR) is 141 cm³/mol. The number of carbonyl (C=O) groups excluding carboxylic acids is 1. The number of amides is 1. The number of anilines is 2. The first-order valence-corrected chi connectivity index (χ1v) is 12.6. The molecule has 1 fully saturated rings. The summed E-state index contributed by atoms with van der Waals surface area (Å²) in [5.74, 6) is -1.45. The molecule has 38 heavy (non-hydrogen) atoms. The molecule has 3 aromatic heterocycles. The summed E-state index contributed by atoms with van der Waals surface area (Å²) in [4.78, 5) is 20.0. The fourth-order valence-corrected chi connectivity index (χ4v) is 4.58. The first-order valence-electron chi connectivity index (χ1n) is 12.6. The van der Waals surface area contributed by atoms with Gasteiger partial charge in [0.25, 0.3) is 5.91 Å². The van der Waals surface area contributed by atoms with Gasteiger partial charge in [-0.15, -0.1) is 0 Å². The summed E-state index contributed by atoms with van der Waals surface area (Å²) in [6.45, 7) is 11.8. The summed E-state index contributed by atoms with van der Waals surface area (Å²) in [5, 5.41) is 11.1. The summed E-state index contributed by atoms with van der Waals surface area (Å²) < 4.78 is 38.3. The number of nitrogens with one attached hydrogen (secondary N) is 1. The molecule has 200 valence electrons. The predicted octanol–water partition coefficient (Wildman–Crippen LogP) is 4.59. The second-order valence-electron chi connectivity index (χ2n) is 10.4. The van der Waals surface area contributed by atoms with E-state index in [4.69, 9.17) is 9.72 Å². The van der Waals surface area contributed by atoms with Gasteiger partial charge in [-0.05, 0) is 57.0 Å². The Bertz CT molecular complexity index is 1510. The molecule has 9 nitrogen and oxygen atoms in total. The molecule has 0 radical (unpaired) electrons. The molecule has 4 aromatic rings. The molecule has 1 saturated heterocycles. The van der Waals surface area contributed by atoms with E-state index in [0.29, 0.717) is 49.7 Å². The number of aromatic nitrogens is 5. The zero-order chi connectivity index (χ0) is 27.2. The normalized spacial score (nSPS) is 14.3. The molecule has 1 N–H and O–H groups in total. The van der Waals surface area contributed by atoms with Gasteiger partial charge < -0.3 is 15.0 Å². The van der Waals surface area contributed by atoms with Crippen LogP contribution in [0, 0.1) is 18.7 Å². The maximum atomic E-state index is 15.0. The molecule has 1 aromatic carbocycles. The number of halogens is 2. The maximum Gasteiger partial charge on any atom is 0.258 e. The lowest BCUT2D eigenvalue weighted by molar-refractivity contribution is 0.102. The van der Waals surface area contributed by atoms with E-state index in [1.807, 2.05) is 19.2 Å². The van der Waals surface area contributed by atoms with E-state index >= 15 is 4.39 Å². The molecule has 4 heterocycles. The van der Waals surface area contributed by atoms with E-state index in [-0.39, 0.29) is 11.3 Å². The van der Waals surface area contributed by atoms with E-state index in [2.05, 4.69) is 20.4 Å². The van der Waals surface area contributed by atoms with Crippen molar-refractivity contribution in [1.82, 2.24) is 24.4 Å². The number of ether oxygens (including phenoxy) is 1. The number of hydrogen-bond acceptors (Lipinski definition) is 6. The number of pyridine rings is 1. The second-order valence-corrected chi connectivity index (χ2v) is 10.4. The smallest absolute Gasteiger partial charge is 0.258 e. The minimum Gasteiger partial charge on any atom is -0.378 e. The van der Waals surface area contributed by atoms with E-state index in [9.17, 15) is 9.18 Å². The van der Waals surface area contributed by atoms with Crippen LogP contribution in [0.1, 0.15) is 49.4 Å². The minimum atomic E-state index is -0.764. The lowest BCUT2D eigenvalue weighted by atomic mass is 9.98. The Labute approximate surface area is 219 Å². The quantitative estimate of drug-likeness (QED) is 0.412. The average molecular weight is 524 g/mol. The van der Waals surface area contributed by atoms with E-state index in [1.165, 1.54) is 23.0 Å². The molecule has 0 unspecified atom stereocenters. The van der Waals surface area contributed by atoms with Crippen LogP contribution >= 0.6 is 0 Å². The van der Waals surface area contributed by atoms with Crippen molar-refractivity contribution >= 4 is 22.9 Å². The fourth-order valence-electron chi connectivity index (χ4n) is 4.58. The fraction of sp³-hybridized carbons (Fsp3) is 0.407. The Hall–Kier alpha value is -3.86. The van der Waals surface area contributed by atoms with Gasteiger partial charge in [0.1, 0.15) is 11.5 Å². The standard InChI is InChI=1S/C27H31F2N7O2/c1-6-23-32-25-22(34-7-9-38-10-8-34)12-17(15-35(25)33-23)18-13-19(20(28)11-16(18)2)26(37)31-21-14-30-36(24(21)29)27(3,4)5/h11-15H,6-10H2,1-5H3,(H,31,37). The Kier molecular flexibility index (Phi) is 6.64. The third-order valence-electron chi connectivity index (χ3n) is 6.59. The van der Waals surface area contributed by atoms with Crippen LogP contribution in [-0.4, -0.2) is 56.6 Å². The zero-order valence-electron chi connectivity index (χ0n) is 22.2. The Morgan fingerprint density at radius 3 is 2.55 bits per heavy atom. The number of rotatable bonds is 5. The largest absolute Gasteiger partial charge is 0.378 e. The highest BCUT2D eigenvalue weighted by Gasteiger charge is 2.24. The van der Waals surface area contributed by atoms with Crippen LogP contribution in [0.15, 0.2) is 30.6 Å². The molecular weight excluding hydrogens is 492 g/mol. The monoisotopic (exact) mass is 523 g/mol. The average Bonchev–Trinajstić information content (AvgIpc) is 3.47. The number of hydrogen-bond donors (Lipinski definition) is 1. The molecule has 1 aliphatic heterocycles. The molecule has 0 aliphatic carbocycles. The lowest BCUT2D eigenvalue weighted by Gasteiger charge is -2.29. The van der Waals surface area contributed by atoms with Crippen molar-refractivity contribution in [3.8, 4) is 11.1 Å². The first-order chi connectivity index (χ1) is 18.1. The first kappa shape index (κ1) is 25.8. The third kappa shape index (κ3) is 4.73. The van der Waals surface area contributed by atoms with Gasteiger partial charge >= 0.3 is 0 Å². The topological polar surface area (TPSA) is 89.6 Å². The highest BCUT2D eigenvalue weighted by molar-refractivity contribution is 6.05. The number of morpholine rings is 1. The maximum absolute atomic E-state index is 15.0. The van der Waals surface area contributed by atoms with Crippen LogP contribution in [0.5, 0.6) is 0 Å². The molecule has 5 rings (SSSR count). The highest BCUT2D eigenvalue weighted by atomic mass is 19.1. The summed E-state index contributed by atoms with van der Waals surface area (Å²) in [6, 6.07) is 4.80. The van der Waals surface area contributed by atoms with E-state index in [0.717, 1.165) is 16.9 Å². The summed E-state index contributed by atoms with van der Waals surface area (Å²) in [7, 11) is 0. The number of benzene rings is 1. The highest BCUT2D eigenvalue weighted by Crippen LogP contribution is 2.32. The molecule has 0 spiro atoms. The molecule has 1 amide bonds. The second kappa shape index (κ2) is 9.79. The Morgan fingerprint density at radius 1 is 1.16 bits per heavy atom. The SMILES string of the molecule is CCc1nc2c(N3CCOCC3)cc(-c3cc(C(=O)Nc4cnn(C(C)(C)C)c4F)c(F)cc3C)cn2n1. The van der Waals surface area contributed by atoms with Gasteiger partial charge in [-0.2, -0.15) is 14.6 Å². The molecule has 0 bridgehead atoms. The van der Waals surface area contributed by atoms with Crippen LogP contribution in [0.2, 0.25) is 0 Å². The van der Waals surface area contributed by atoms with Gasteiger partial charge in [0.05, 0.1) is 36.2 Å². The van der Waals surface area contributed by atoms with Gasteiger partial charge in [0.15, 0.2) is 11.5 Å². The molecule has 1 aliphatic rings. The van der Waals surface area contributed by atoms with Gasteiger partial charge in [-0.25, -0.2) is 18.6 Å². The summed E-state index contributed by atoms with van der Waals surface area (Å²) in [6.07, 6.45) is 3.74. The lowest BCUT2D eigenvalue weighted by Crippen LogP contribution is -2.36. The van der Waals surface area contributed by atoms with Crippen LogP contribution in [0.4, 0.5) is 20.2 Å². The van der Waals surface area contributed by atoms with Gasteiger partial charge in [0.2, 0.25) is 5.95 Å². The van der Waals surface area contributed by atoms with Crippen molar-refractivity contribution < 1.29 is 18.3 Å². The van der Waals surface area contributed by atoms with Crippen molar-refractivity contribution in [2.24, 2.45) is 0 Å². The minimum absolute atomic E-state index is 0.114. The zero-order valence-corrected chi connectivity index (χ0v) is 22.2. The van der Waals surface area contributed by atoms with E-state index in [1.54, 1.807) is 32.2 Å². The summed E-state index contributed by atoms with van der Waals surface area (Å²) >= 11 is 0. The van der Waals surface area contributed by atoms with E-state index < -0.39 is 23.2 Å². The van der Waals surface area contributed by atoms with Crippen molar-refractivity contribution in [2.75, 3.05) is 36.5 Å². The van der Waals surface area contributed by atoms with Crippen LogP contribution in [0.3, 0.4) is 0 Å². The van der Waals surface area contributed by atoms with Crippen molar-refractivity contribution in [2.45, 2.75) is 46.6 Å². The summed E-state index contributed by atoms with van der Waals surface area (Å²) in [5.41, 5.74) is 2.75. The van der Waals surface area contributed by atoms with Gasteiger partial charge in [-0.1, -0.05) is 6.92 Å². The molecule has 11 heteroatoms. The van der Waals surface area contributed by atoms with Crippen molar-refractivity contribution in [3.63, 3.8) is 0 Å². The van der Waals surface area contributed by atoms with Crippen LogP contribution in [0.25, 0.3) is 16.8 Å². The number of fused-ring (bicyclic) bond motifs is 1. The molecular formula is C27H31F2N7O2.